The van der Waals surface area contributed by atoms with Gasteiger partial charge in [-0.2, -0.15) is 0 Å². The van der Waals surface area contributed by atoms with Gasteiger partial charge in [0.05, 0.1) is 5.69 Å². The SMILES string of the molecule is O=C(O)C=Cc1cc(=O)n2ccccc2n1. The molecular formula is C11H8N2O3. The molecule has 0 amide bonds. The Kier molecular flexibility index (Phi) is 2.51. The topological polar surface area (TPSA) is 71.7 Å². The summed E-state index contributed by atoms with van der Waals surface area (Å²) in [5, 5.41) is 8.46. The van der Waals surface area contributed by atoms with Gasteiger partial charge in [0.15, 0.2) is 0 Å². The Labute approximate surface area is 90.3 Å². The van der Waals surface area contributed by atoms with E-state index in [1.165, 1.54) is 16.5 Å². The first-order valence-corrected chi connectivity index (χ1v) is 4.56. The van der Waals surface area contributed by atoms with Gasteiger partial charge in [0.1, 0.15) is 5.65 Å². The van der Waals surface area contributed by atoms with Crippen molar-refractivity contribution in [1.82, 2.24) is 9.38 Å². The van der Waals surface area contributed by atoms with E-state index >= 15 is 0 Å². The number of hydrogen-bond donors (Lipinski definition) is 1. The molecule has 2 aromatic rings. The predicted octanol–water partition coefficient (Wildman–Crippen LogP) is 0.792. The molecular weight excluding hydrogens is 208 g/mol. The lowest BCUT2D eigenvalue weighted by Gasteiger charge is -1.99. The standard InChI is InChI=1S/C11H8N2O3/c14-10-7-8(4-5-11(15)16)12-9-3-1-2-6-13(9)10/h1-7H,(H,15,16). The summed E-state index contributed by atoms with van der Waals surface area (Å²) >= 11 is 0. The number of pyridine rings is 1. The van der Waals surface area contributed by atoms with Gasteiger partial charge < -0.3 is 5.11 Å². The van der Waals surface area contributed by atoms with Crippen LogP contribution in [-0.2, 0) is 4.79 Å². The van der Waals surface area contributed by atoms with Crippen LogP contribution in [0.1, 0.15) is 5.69 Å². The molecule has 0 aliphatic carbocycles. The molecule has 0 saturated carbocycles. The van der Waals surface area contributed by atoms with Gasteiger partial charge in [-0.15, -0.1) is 0 Å². The van der Waals surface area contributed by atoms with E-state index in [2.05, 4.69) is 4.98 Å². The maximum Gasteiger partial charge on any atom is 0.328 e. The van der Waals surface area contributed by atoms with Crippen LogP contribution in [0, 0.1) is 0 Å². The Hall–Kier alpha value is -2.43. The van der Waals surface area contributed by atoms with Gasteiger partial charge in [-0.05, 0) is 18.2 Å². The van der Waals surface area contributed by atoms with Gasteiger partial charge in [0.25, 0.3) is 5.56 Å². The first-order valence-electron chi connectivity index (χ1n) is 4.56. The van der Waals surface area contributed by atoms with Crippen LogP contribution < -0.4 is 5.56 Å². The van der Waals surface area contributed by atoms with Gasteiger partial charge in [-0.3, -0.25) is 9.20 Å². The van der Waals surface area contributed by atoms with E-state index in [1.54, 1.807) is 24.4 Å². The number of carbonyl (C=O) groups is 1. The molecule has 0 aliphatic rings. The van der Waals surface area contributed by atoms with Crippen LogP contribution in [0.2, 0.25) is 0 Å². The summed E-state index contributed by atoms with van der Waals surface area (Å²) in [6.07, 6.45) is 3.84. The molecule has 1 N–H and O–H groups in total. The zero-order valence-electron chi connectivity index (χ0n) is 8.20. The molecule has 0 aliphatic heterocycles. The van der Waals surface area contributed by atoms with Gasteiger partial charge >= 0.3 is 5.97 Å². The highest BCUT2D eigenvalue weighted by atomic mass is 16.4. The van der Waals surface area contributed by atoms with Gasteiger partial charge in [-0.1, -0.05) is 6.07 Å². The molecule has 0 atom stereocenters. The molecule has 16 heavy (non-hydrogen) atoms. The highest BCUT2D eigenvalue weighted by molar-refractivity contribution is 5.84. The lowest BCUT2D eigenvalue weighted by Crippen LogP contribution is -2.13. The second-order valence-corrected chi connectivity index (χ2v) is 3.12. The number of rotatable bonds is 2. The Morgan fingerprint density at radius 3 is 3.00 bits per heavy atom. The average molecular weight is 216 g/mol. The summed E-state index contributed by atoms with van der Waals surface area (Å²) in [6.45, 7) is 0. The lowest BCUT2D eigenvalue weighted by molar-refractivity contribution is -0.131. The van der Waals surface area contributed by atoms with Crippen LogP contribution >= 0.6 is 0 Å². The number of carboxylic acids is 1. The Bertz CT molecular complexity index is 628. The van der Waals surface area contributed by atoms with E-state index in [4.69, 9.17) is 5.11 Å². The van der Waals surface area contributed by atoms with E-state index in [1.807, 2.05) is 0 Å². The fourth-order valence-corrected chi connectivity index (χ4v) is 1.31. The predicted molar refractivity (Wildman–Crippen MR) is 58.1 cm³/mol. The van der Waals surface area contributed by atoms with Crippen LogP contribution in [0.5, 0.6) is 0 Å². The van der Waals surface area contributed by atoms with E-state index < -0.39 is 5.97 Å². The monoisotopic (exact) mass is 216 g/mol. The third-order valence-corrected chi connectivity index (χ3v) is 1.99. The first kappa shape index (κ1) is 10.1. The van der Waals surface area contributed by atoms with Crippen molar-refractivity contribution in [2.75, 3.05) is 0 Å². The van der Waals surface area contributed by atoms with Crippen molar-refractivity contribution in [2.45, 2.75) is 0 Å². The minimum atomic E-state index is -1.07. The molecule has 0 aromatic carbocycles. The number of aromatic nitrogens is 2. The maximum absolute atomic E-state index is 11.6. The molecule has 0 fully saturated rings. The second-order valence-electron chi connectivity index (χ2n) is 3.12. The summed E-state index contributed by atoms with van der Waals surface area (Å²) in [7, 11) is 0. The van der Waals surface area contributed by atoms with Crippen LogP contribution in [0.3, 0.4) is 0 Å². The van der Waals surface area contributed by atoms with Crippen molar-refractivity contribution in [3.63, 3.8) is 0 Å². The third-order valence-electron chi connectivity index (χ3n) is 1.99. The number of carboxylic acid groups (broad SMARTS) is 1. The maximum atomic E-state index is 11.6. The summed E-state index contributed by atoms with van der Waals surface area (Å²) < 4.78 is 1.39. The van der Waals surface area contributed by atoms with Crippen molar-refractivity contribution in [1.29, 1.82) is 0 Å². The van der Waals surface area contributed by atoms with E-state index in [0.717, 1.165) is 6.08 Å². The zero-order valence-corrected chi connectivity index (χ0v) is 8.20. The van der Waals surface area contributed by atoms with Gasteiger partial charge in [0.2, 0.25) is 0 Å². The average Bonchev–Trinajstić information content (AvgIpc) is 2.26. The molecule has 2 rings (SSSR count). The van der Waals surface area contributed by atoms with Crippen molar-refractivity contribution >= 4 is 17.7 Å². The van der Waals surface area contributed by atoms with Gasteiger partial charge in [-0.25, -0.2) is 9.78 Å². The molecule has 0 bridgehead atoms. The normalized spacial score (nSPS) is 11.0. The highest BCUT2D eigenvalue weighted by Crippen LogP contribution is 2.00. The minimum Gasteiger partial charge on any atom is -0.478 e. The second kappa shape index (κ2) is 3.98. The molecule has 0 spiro atoms. The molecule has 2 heterocycles. The number of fused-ring (bicyclic) bond motifs is 1. The van der Waals surface area contributed by atoms with Crippen LogP contribution in [0.25, 0.3) is 11.7 Å². The Morgan fingerprint density at radius 2 is 2.25 bits per heavy atom. The Morgan fingerprint density at radius 1 is 1.44 bits per heavy atom. The van der Waals surface area contributed by atoms with Crippen molar-refractivity contribution in [3.05, 3.63) is 52.6 Å². The lowest BCUT2D eigenvalue weighted by atomic mass is 10.3. The molecule has 5 heteroatoms. The molecule has 0 saturated heterocycles. The van der Waals surface area contributed by atoms with E-state index in [9.17, 15) is 9.59 Å². The summed E-state index contributed by atoms with van der Waals surface area (Å²) in [6, 6.07) is 6.45. The number of hydrogen-bond acceptors (Lipinski definition) is 3. The number of nitrogens with zero attached hydrogens (tertiary/aromatic N) is 2. The van der Waals surface area contributed by atoms with Crippen LogP contribution in [0.4, 0.5) is 0 Å². The Balaban J connectivity index is 2.58. The van der Waals surface area contributed by atoms with Gasteiger partial charge in [0, 0.05) is 18.3 Å². The zero-order chi connectivity index (χ0) is 11.5. The molecule has 80 valence electrons. The minimum absolute atomic E-state index is 0.240. The fraction of sp³-hybridized carbons (Fsp3) is 0. The van der Waals surface area contributed by atoms with E-state index in [-0.39, 0.29) is 5.56 Å². The molecule has 0 unspecified atom stereocenters. The first-order chi connectivity index (χ1) is 7.66. The quantitative estimate of drug-likeness (QED) is 0.753. The van der Waals surface area contributed by atoms with E-state index in [0.29, 0.717) is 11.3 Å². The van der Waals surface area contributed by atoms with Crippen molar-refractivity contribution in [3.8, 4) is 0 Å². The smallest absolute Gasteiger partial charge is 0.328 e. The van der Waals surface area contributed by atoms with Crippen molar-refractivity contribution in [2.24, 2.45) is 0 Å². The summed E-state index contributed by atoms with van der Waals surface area (Å²) in [4.78, 5) is 26.0. The summed E-state index contributed by atoms with van der Waals surface area (Å²) in [5.74, 6) is -1.07. The van der Waals surface area contributed by atoms with Crippen LogP contribution in [0.15, 0.2) is 41.3 Å². The summed E-state index contributed by atoms with van der Waals surface area (Å²) in [5.41, 5.74) is 0.578. The van der Waals surface area contributed by atoms with Crippen LogP contribution in [-0.4, -0.2) is 20.5 Å². The number of aliphatic carboxylic acids is 1. The third kappa shape index (κ3) is 1.98. The molecule has 5 nitrogen and oxygen atoms in total. The molecule has 2 aromatic heterocycles. The fourth-order valence-electron chi connectivity index (χ4n) is 1.31. The molecule has 0 radical (unpaired) electrons. The highest BCUT2D eigenvalue weighted by Gasteiger charge is 1.98. The van der Waals surface area contributed by atoms with Crippen molar-refractivity contribution < 1.29 is 9.90 Å². The largest absolute Gasteiger partial charge is 0.478 e.